The molecule has 0 fully saturated rings. The van der Waals surface area contributed by atoms with E-state index < -0.39 is 11.9 Å². The third-order valence-electron chi connectivity index (χ3n) is 2.45. The molecule has 0 aliphatic rings. The van der Waals surface area contributed by atoms with Crippen LogP contribution in [0.2, 0.25) is 0 Å². The van der Waals surface area contributed by atoms with Gasteiger partial charge in [-0.2, -0.15) is 0 Å². The van der Waals surface area contributed by atoms with Gasteiger partial charge in [0.15, 0.2) is 0 Å². The molecular weight excluding hydrogens is 214 g/mol. The van der Waals surface area contributed by atoms with Crippen molar-refractivity contribution in [2.24, 2.45) is 0 Å². The molecule has 0 spiro atoms. The second-order valence-electron chi connectivity index (χ2n) is 3.65. The highest BCUT2D eigenvalue weighted by Gasteiger charge is 2.28. The molecule has 16 heavy (non-hydrogen) atoms. The molecule has 0 unspecified atom stereocenters. The van der Waals surface area contributed by atoms with Crippen LogP contribution < -0.4 is 0 Å². The van der Waals surface area contributed by atoms with Crippen molar-refractivity contribution in [3.8, 4) is 0 Å². The smallest absolute Gasteiger partial charge is 0.303 e. The first kappa shape index (κ1) is 12.6. The quantitative estimate of drug-likeness (QED) is 0.840. The third-order valence-corrected chi connectivity index (χ3v) is 2.45. The number of aryl methyl sites for hydroxylation is 1. The first-order valence-electron chi connectivity index (χ1n) is 5.14. The van der Waals surface area contributed by atoms with Gasteiger partial charge in [-0.3, -0.25) is 4.79 Å². The molecule has 0 saturated carbocycles. The highest BCUT2D eigenvalue weighted by atomic mass is 19.3. The van der Waals surface area contributed by atoms with Gasteiger partial charge in [0.1, 0.15) is 0 Å². The van der Waals surface area contributed by atoms with E-state index in [4.69, 9.17) is 5.11 Å². The van der Waals surface area contributed by atoms with Crippen LogP contribution in [0.3, 0.4) is 0 Å². The number of hydrogen-bond donors (Lipinski definition) is 1. The van der Waals surface area contributed by atoms with Gasteiger partial charge in [-0.05, 0) is 12.0 Å². The standard InChI is InChI=1S/C12H14F2O2/c1-2-12(13,14)10-6-3-9(4-7-10)5-8-11(15)16/h3-4,6-7H,2,5,8H2,1H3,(H,15,16). The maximum absolute atomic E-state index is 13.2. The number of alkyl halides is 2. The highest BCUT2D eigenvalue weighted by Crippen LogP contribution is 2.31. The van der Waals surface area contributed by atoms with Crippen molar-refractivity contribution < 1.29 is 18.7 Å². The third kappa shape index (κ3) is 3.29. The molecule has 0 atom stereocenters. The summed E-state index contributed by atoms with van der Waals surface area (Å²) in [6.45, 7) is 1.43. The normalized spacial score (nSPS) is 11.4. The van der Waals surface area contributed by atoms with Gasteiger partial charge in [0, 0.05) is 18.4 Å². The van der Waals surface area contributed by atoms with Crippen LogP contribution in [0.5, 0.6) is 0 Å². The number of carboxylic acid groups (broad SMARTS) is 1. The zero-order valence-corrected chi connectivity index (χ0v) is 9.04. The van der Waals surface area contributed by atoms with E-state index in [1.54, 1.807) is 12.1 Å². The lowest BCUT2D eigenvalue weighted by Gasteiger charge is -2.14. The van der Waals surface area contributed by atoms with Gasteiger partial charge in [-0.25, -0.2) is 8.78 Å². The second-order valence-corrected chi connectivity index (χ2v) is 3.65. The molecule has 0 aliphatic heterocycles. The molecule has 2 nitrogen and oxygen atoms in total. The molecule has 0 saturated heterocycles. The summed E-state index contributed by atoms with van der Waals surface area (Å²) in [5, 5.41) is 8.48. The van der Waals surface area contributed by atoms with Crippen LogP contribution in [0.15, 0.2) is 24.3 Å². The molecule has 0 heterocycles. The molecule has 1 rings (SSSR count). The van der Waals surface area contributed by atoms with Crippen molar-refractivity contribution in [2.75, 3.05) is 0 Å². The van der Waals surface area contributed by atoms with Crippen LogP contribution in [0, 0.1) is 0 Å². The van der Waals surface area contributed by atoms with E-state index in [1.807, 2.05) is 0 Å². The Balaban J connectivity index is 2.71. The highest BCUT2D eigenvalue weighted by molar-refractivity contribution is 5.67. The summed E-state index contributed by atoms with van der Waals surface area (Å²) in [5.74, 6) is -3.69. The van der Waals surface area contributed by atoms with Gasteiger partial charge >= 0.3 is 5.97 Å². The first-order chi connectivity index (χ1) is 7.45. The summed E-state index contributed by atoms with van der Waals surface area (Å²) >= 11 is 0. The zero-order valence-electron chi connectivity index (χ0n) is 9.04. The Kier molecular flexibility index (Phi) is 3.99. The van der Waals surface area contributed by atoms with Crippen molar-refractivity contribution in [2.45, 2.75) is 32.1 Å². The number of carbonyl (C=O) groups is 1. The summed E-state index contributed by atoms with van der Waals surface area (Å²) in [5.41, 5.74) is 0.743. The minimum Gasteiger partial charge on any atom is -0.481 e. The van der Waals surface area contributed by atoms with E-state index in [0.29, 0.717) is 6.42 Å². The van der Waals surface area contributed by atoms with Crippen molar-refractivity contribution >= 4 is 5.97 Å². The minimum absolute atomic E-state index is 0.0174. The van der Waals surface area contributed by atoms with Gasteiger partial charge in [-0.15, -0.1) is 0 Å². The fourth-order valence-corrected chi connectivity index (χ4v) is 1.37. The Morgan fingerprint density at radius 1 is 1.31 bits per heavy atom. The monoisotopic (exact) mass is 228 g/mol. The van der Waals surface area contributed by atoms with E-state index in [2.05, 4.69) is 0 Å². The molecule has 0 radical (unpaired) electrons. The van der Waals surface area contributed by atoms with Crippen LogP contribution in [0.25, 0.3) is 0 Å². The zero-order chi connectivity index (χ0) is 12.2. The minimum atomic E-state index is -2.80. The van der Waals surface area contributed by atoms with E-state index in [1.165, 1.54) is 19.1 Å². The summed E-state index contributed by atoms with van der Waals surface area (Å²) < 4.78 is 26.5. The van der Waals surface area contributed by atoms with Crippen LogP contribution in [-0.4, -0.2) is 11.1 Å². The molecule has 1 N–H and O–H groups in total. The molecular formula is C12H14F2O2. The second kappa shape index (κ2) is 5.05. The Bertz CT molecular complexity index is 358. The van der Waals surface area contributed by atoms with Crippen LogP contribution in [-0.2, 0) is 17.1 Å². The lowest BCUT2D eigenvalue weighted by atomic mass is 10.0. The predicted octanol–water partition coefficient (Wildman–Crippen LogP) is 3.21. The van der Waals surface area contributed by atoms with Crippen LogP contribution in [0.1, 0.15) is 30.9 Å². The number of carboxylic acids is 1. The van der Waals surface area contributed by atoms with E-state index in [9.17, 15) is 13.6 Å². The Hall–Kier alpha value is -1.45. The van der Waals surface area contributed by atoms with Crippen LogP contribution in [0.4, 0.5) is 8.78 Å². The van der Waals surface area contributed by atoms with Crippen molar-refractivity contribution in [3.05, 3.63) is 35.4 Å². The average molecular weight is 228 g/mol. The number of benzene rings is 1. The van der Waals surface area contributed by atoms with Crippen molar-refractivity contribution in [1.82, 2.24) is 0 Å². The number of rotatable bonds is 5. The summed E-state index contributed by atoms with van der Waals surface area (Å²) in [4.78, 5) is 10.3. The van der Waals surface area contributed by atoms with E-state index >= 15 is 0 Å². The molecule has 4 heteroatoms. The SMILES string of the molecule is CCC(F)(F)c1ccc(CCC(=O)O)cc1. The fraction of sp³-hybridized carbons (Fsp3) is 0.417. The summed E-state index contributed by atoms with van der Waals surface area (Å²) in [6, 6.07) is 5.84. The average Bonchev–Trinajstić information content (AvgIpc) is 2.27. The predicted molar refractivity (Wildman–Crippen MR) is 56.6 cm³/mol. The summed E-state index contributed by atoms with van der Waals surface area (Å²) in [7, 11) is 0. The van der Waals surface area contributed by atoms with Crippen molar-refractivity contribution in [1.29, 1.82) is 0 Å². The Morgan fingerprint density at radius 3 is 2.31 bits per heavy atom. The van der Waals surface area contributed by atoms with Gasteiger partial charge in [-0.1, -0.05) is 31.2 Å². The molecule has 0 aliphatic carbocycles. The number of hydrogen-bond acceptors (Lipinski definition) is 1. The lowest BCUT2D eigenvalue weighted by Crippen LogP contribution is -2.11. The molecule has 0 bridgehead atoms. The van der Waals surface area contributed by atoms with Gasteiger partial charge in [0.05, 0.1) is 0 Å². The Morgan fingerprint density at radius 2 is 1.88 bits per heavy atom. The lowest BCUT2D eigenvalue weighted by molar-refractivity contribution is -0.136. The fourth-order valence-electron chi connectivity index (χ4n) is 1.37. The molecule has 88 valence electrons. The largest absolute Gasteiger partial charge is 0.481 e. The van der Waals surface area contributed by atoms with Gasteiger partial charge in [0.25, 0.3) is 5.92 Å². The maximum Gasteiger partial charge on any atom is 0.303 e. The first-order valence-corrected chi connectivity index (χ1v) is 5.14. The number of aliphatic carboxylic acids is 1. The molecule has 0 aromatic heterocycles. The van der Waals surface area contributed by atoms with Gasteiger partial charge < -0.3 is 5.11 Å². The molecule has 1 aromatic carbocycles. The Labute approximate surface area is 92.9 Å². The van der Waals surface area contributed by atoms with E-state index in [0.717, 1.165) is 5.56 Å². The van der Waals surface area contributed by atoms with Crippen molar-refractivity contribution in [3.63, 3.8) is 0 Å². The molecule has 1 aromatic rings. The van der Waals surface area contributed by atoms with Crippen LogP contribution >= 0.6 is 0 Å². The maximum atomic E-state index is 13.2. The topological polar surface area (TPSA) is 37.3 Å². The molecule has 0 amide bonds. The summed E-state index contributed by atoms with van der Waals surface area (Å²) in [6.07, 6.45) is 0.151. The number of halogens is 2. The van der Waals surface area contributed by atoms with Gasteiger partial charge in [0.2, 0.25) is 0 Å². The van der Waals surface area contributed by atoms with E-state index in [-0.39, 0.29) is 18.4 Å².